The van der Waals surface area contributed by atoms with Crippen molar-refractivity contribution in [2.24, 2.45) is 0 Å². The summed E-state index contributed by atoms with van der Waals surface area (Å²) in [6.07, 6.45) is 1.54. The summed E-state index contributed by atoms with van der Waals surface area (Å²) in [6.45, 7) is 3.34. The van der Waals surface area contributed by atoms with Gasteiger partial charge in [0.05, 0.1) is 18.3 Å². The SMILES string of the molecule is CCOC(=O)C(C)(Cc1ccco1)c1cccc(F)c1F. The molecule has 5 heteroatoms. The molecule has 0 aliphatic carbocycles. The van der Waals surface area contributed by atoms with Crippen LogP contribution in [0.2, 0.25) is 0 Å². The van der Waals surface area contributed by atoms with E-state index in [4.69, 9.17) is 9.15 Å². The van der Waals surface area contributed by atoms with E-state index in [9.17, 15) is 13.6 Å². The van der Waals surface area contributed by atoms with Gasteiger partial charge in [-0.05, 0) is 32.0 Å². The lowest BCUT2D eigenvalue weighted by Gasteiger charge is -2.27. The van der Waals surface area contributed by atoms with Gasteiger partial charge in [0.1, 0.15) is 5.76 Å². The predicted molar refractivity (Wildman–Crippen MR) is 72.8 cm³/mol. The molecule has 0 aliphatic heterocycles. The molecule has 2 aromatic rings. The molecule has 0 saturated carbocycles. The Morgan fingerprint density at radius 1 is 1.29 bits per heavy atom. The van der Waals surface area contributed by atoms with Crippen molar-refractivity contribution in [1.29, 1.82) is 0 Å². The van der Waals surface area contributed by atoms with Crippen LogP contribution in [0.3, 0.4) is 0 Å². The molecule has 0 amide bonds. The van der Waals surface area contributed by atoms with Crippen molar-refractivity contribution in [1.82, 2.24) is 0 Å². The summed E-state index contributed by atoms with van der Waals surface area (Å²) in [5.74, 6) is -2.16. The third-order valence-electron chi connectivity index (χ3n) is 3.38. The fourth-order valence-corrected chi connectivity index (χ4v) is 2.26. The van der Waals surface area contributed by atoms with Gasteiger partial charge in [-0.3, -0.25) is 4.79 Å². The molecule has 2 rings (SSSR count). The van der Waals surface area contributed by atoms with Crippen molar-refractivity contribution in [2.75, 3.05) is 6.61 Å². The largest absolute Gasteiger partial charge is 0.469 e. The lowest BCUT2D eigenvalue weighted by molar-refractivity contribution is -0.149. The first-order valence-corrected chi connectivity index (χ1v) is 6.63. The third kappa shape index (κ3) is 2.96. The highest BCUT2D eigenvalue weighted by atomic mass is 19.2. The molecule has 0 radical (unpaired) electrons. The molecule has 1 heterocycles. The molecule has 1 aromatic heterocycles. The van der Waals surface area contributed by atoms with Crippen LogP contribution < -0.4 is 0 Å². The van der Waals surface area contributed by atoms with E-state index < -0.39 is 23.0 Å². The molecular weight excluding hydrogens is 278 g/mol. The fraction of sp³-hybridized carbons (Fsp3) is 0.312. The Balaban J connectivity index is 2.49. The van der Waals surface area contributed by atoms with Gasteiger partial charge in [0.25, 0.3) is 0 Å². The van der Waals surface area contributed by atoms with Gasteiger partial charge in [-0.1, -0.05) is 12.1 Å². The van der Waals surface area contributed by atoms with Gasteiger partial charge in [-0.15, -0.1) is 0 Å². The van der Waals surface area contributed by atoms with Crippen LogP contribution in [-0.2, 0) is 21.4 Å². The van der Waals surface area contributed by atoms with E-state index in [0.29, 0.717) is 5.76 Å². The number of ether oxygens (including phenoxy) is 1. The number of carbonyl (C=O) groups excluding carboxylic acids is 1. The number of halogens is 2. The highest BCUT2D eigenvalue weighted by Gasteiger charge is 2.40. The number of carbonyl (C=O) groups is 1. The van der Waals surface area contributed by atoms with Crippen LogP contribution in [0.5, 0.6) is 0 Å². The number of hydrogen-bond donors (Lipinski definition) is 0. The normalized spacial score (nSPS) is 13.7. The number of furan rings is 1. The summed E-state index contributed by atoms with van der Waals surface area (Å²) in [7, 11) is 0. The highest BCUT2D eigenvalue weighted by molar-refractivity contribution is 5.83. The summed E-state index contributed by atoms with van der Waals surface area (Å²) in [5, 5.41) is 0. The Kier molecular flexibility index (Phi) is 4.40. The first-order chi connectivity index (χ1) is 9.99. The number of rotatable bonds is 5. The van der Waals surface area contributed by atoms with Crippen molar-refractivity contribution in [3.8, 4) is 0 Å². The number of esters is 1. The van der Waals surface area contributed by atoms with Crippen molar-refractivity contribution in [3.63, 3.8) is 0 Å². The second-order valence-electron chi connectivity index (χ2n) is 4.91. The summed E-state index contributed by atoms with van der Waals surface area (Å²) < 4.78 is 37.9. The second-order valence-corrected chi connectivity index (χ2v) is 4.91. The number of hydrogen-bond acceptors (Lipinski definition) is 3. The molecule has 1 atom stereocenters. The van der Waals surface area contributed by atoms with E-state index in [1.54, 1.807) is 19.1 Å². The van der Waals surface area contributed by atoms with E-state index in [-0.39, 0.29) is 18.6 Å². The monoisotopic (exact) mass is 294 g/mol. The molecule has 0 saturated heterocycles. The van der Waals surface area contributed by atoms with Crippen LogP contribution in [0.4, 0.5) is 8.78 Å². The molecule has 0 N–H and O–H groups in total. The Morgan fingerprint density at radius 3 is 2.67 bits per heavy atom. The van der Waals surface area contributed by atoms with Crippen LogP contribution in [0.25, 0.3) is 0 Å². The molecule has 0 spiro atoms. The van der Waals surface area contributed by atoms with E-state index in [0.717, 1.165) is 6.07 Å². The minimum absolute atomic E-state index is 0.0441. The maximum atomic E-state index is 14.1. The van der Waals surface area contributed by atoms with Gasteiger partial charge in [0.15, 0.2) is 11.6 Å². The summed E-state index contributed by atoms with van der Waals surface area (Å²) in [6, 6.07) is 7.11. The van der Waals surface area contributed by atoms with Crippen molar-refractivity contribution in [2.45, 2.75) is 25.7 Å². The topological polar surface area (TPSA) is 39.4 Å². The Hall–Kier alpha value is -2.17. The highest BCUT2D eigenvalue weighted by Crippen LogP contribution is 2.32. The minimum atomic E-state index is -1.36. The first-order valence-electron chi connectivity index (χ1n) is 6.63. The standard InChI is InChI=1S/C16H16F2O3/c1-3-20-15(19)16(2,10-11-6-5-9-21-11)12-7-4-8-13(17)14(12)18/h4-9H,3,10H2,1-2H3. The zero-order valence-corrected chi connectivity index (χ0v) is 11.9. The average molecular weight is 294 g/mol. The fourth-order valence-electron chi connectivity index (χ4n) is 2.26. The Morgan fingerprint density at radius 2 is 2.05 bits per heavy atom. The zero-order chi connectivity index (χ0) is 15.5. The van der Waals surface area contributed by atoms with Gasteiger partial charge in [-0.2, -0.15) is 0 Å². The third-order valence-corrected chi connectivity index (χ3v) is 3.38. The molecule has 3 nitrogen and oxygen atoms in total. The van der Waals surface area contributed by atoms with E-state index in [1.165, 1.54) is 25.3 Å². The van der Waals surface area contributed by atoms with Crippen molar-refractivity contribution >= 4 is 5.97 Å². The lowest BCUT2D eigenvalue weighted by Crippen LogP contribution is -2.37. The second kappa shape index (κ2) is 6.08. The quantitative estimate of drug-likeness (QED) is 0.791. The molecule has 0 aliphatic rings. The molecule has 0 bridgehead atoms. The van der Waals surface area contributed by atoms with Gasteiger partial charge in [0.2, 0.25) is 0 Å². The van der Waals surface area contributed by atoms with E-state index >= 15 is 0 Å². The molecule has 1 unspecified atom stereocenters. The molecular formula is C16H16F2O3. The number of benzene rings is 1. The van der Waals surface area contributed by atoms with E-state index in [1.807, 2.05) is 0 Å². The van der Waals surface area contributed by atoms with Crippen LogP contribution in [0, 0.1) is 11.6 Å². The Bertz CT molecular complexity index is 622. The molecule has 1 aromatic carbocycles. The maximum absolute atomic E-state index is 14.1. The van der Waals surface area contributed by atoms with Crippen molar-refractivity contribution in [3.05, 3.63) is 59.6 Å². The van der Waals surface area contributed by atoms with E-state index in [2.05, 4.69) is 0 Å². The minimum Gasteiger partial charge on any atom is -0.469 e. The first kappa shape index (κ1) is 15.2. The van der Waals surface area contributed by atoms with Gasteiger partial charge < -0.3 is 9.15 Å². The summed E-state index contributed by atoms with van der Waals surface area (Å²) in [5.41, 5.74) is -1.41. The summed E-state index contributed by atoms with van der Waals surface area (Å²) >= 11 is 0. The van der Waals surface area contributed by atoms with Gasteiger partial charge in [-0.25, -0.2) is 8.78 Å². The van der Waals surface area contributed by atoms with Crippen LogP contribution in [0.1, 0.15) is 25.2 Å². The van der Waals surface area contributed by atoms with Crippen LogP contribution >= 0.6 is 0 Å². The maximum Gasteiger partial charge on any atom is 0.316 e. The molecule has 112 valence electrons. The van der Waals surface area contributed by atoms with Crippen molar-refractivity contribution < 1.29 is 22.7 Å². The molecule has 21 heavy (non-hydrogen) atoms. The predicted octanol–water partition coefficient (Wildman–Crippen LogP) is 3.62. The van der Waals surface area contributed by atoms with Crippen LogP contribution in [-0.4, -0.2) is 12.6 Å². The summed E-state index contributed by atoms with van der Waals surface area (Å²) in [4.78, 5) is 12.3. The zero-order valence-electron chi connectivity index (χ0n) is 11.9. The van der Waals surface area contributed by atoms with Gasteiger partial charge in [0, 0.05) is 12.0 Å². The average Bonchev–Trinajstić information content (AvgIpc) is 2.94. The Labute approximate surface area is 121 Å². The van der Waals surface area contributed by atoms with Crippen LogP contribution in [0.15, 0.2) is 41.0 Å². The lowest BCUT2D eigenvalue weighted by atomic mass is 9.78. The smallest absolute Gasteiger partial charge is 0.316 e. The van der Waals surface area contributed by atoms with Gasteiger partial charge >= 0.3 is 5.97 Å². The molecule has 0 fully saturated rings.